The Morgan fingerprint density at radius 2 is 2.06 bits per heavy atom. The zero-order chi connectivity index (χ0) is 12.4. The number of benzene rings is 1. The molecule has 0 saturated heterocycles. The number of fused-ring (bicyclic) bond motifs is 1. The first-order valence-corrected chi connectivity index (χ1v) is 6.46. The van der Waals surface area contributed by atoms with E-state index in [1.165, 1.54) is 11.3 Å². The first-order chi connectivity index (χ1) is 8.19. The second kappa shape index (κ2) is 4.71. The number of anilines is 1. The van der Waals surface area contributed by atoms with Crippen LogP contribution in [0.4, 0.5) is 11.4 Å². The third-order valence-corrected chi connectivity index (χ3v) is 3.87. The minimum Gasteiger partial charge on any atom is -0.371 e. The summed E-state index contributed by atoms with van der Waals surface area (Å²) in [5, 5.41) is 13.9. The van der Waals surface area contributed by atoms with Crippen LogP contribution in [0.5, 0.6) is 0 Å². The van der Waals surface area contributed by atoms with E-state index in [2.05, 4.69) is 18.7 Å². The van der Waals surface area contributed by atoms with Crippen LogP contribution in [0.1, 0.15) is 13.8 Å². The maximum atomic E-state index is 10.9. The zero-order valence-corrected chi connectivity index (χ0v) is 10.7. The topological polar surface area (TPSA) is 46.4 Å². The van der Waals surface area contributed by atoms with Gasteiger partial charge in [0.25, 0.3) is 5.69 Å². The van der Waals surface area contributed by atoms with Gasteiger partial charge in [0.1, 0.15) is 4.70 Å². The van der Waals surface area contributed by atoms with Crippen molar-refractivity contribution < 1.29 is 4.92 Å². The Kier molecular flexibility index (Phi) is 3.28. The molecule has 2 aromatic rings. The Labute approximate surface area is 104 Å². The SMILES string of the molecule is CCN(CC)c1csc2c([N+](=O)[O-])cccc12. The molecule has 17 heavy (non-hydrogen) atoms. The number of nitro benzene ring substituents is 1. The normalized spacial score (nSPS) is 10.7. The van der Waals surface area contributed by atoms with Crippen molar-refractivity contribution in [3.8, 4) is 0 Å². The van der Waals surface area contributed by atoms with Gasteiger partial charge in [-0.2, -0.15) is 0 Å². The van der Waals surface area contributed by atoms with Crippen molar-refractivity contribution in [1.29, 1.82) is 0 Å². The zero-order valence-electron chi connectivity index (χ0n) is 9.84. The van der Waals surface area contributed by atoms with Gasteiger partial charge in [-0.1, -0.05) is 12.1 Å². The molecule has 4 nitrogen and oxygen atoms in total. The third-order valence-electron chi connectivity index (χ3n) is 2.86. The van der Waals surface area contributed by atoms with Crippen LogP contribution in [0.3, 0.4) is 0 Å². The molecule has 0 aliphatic carbocycles. The fourth-order valence-electron chi connectivity index (χ4n) is 1.98. The first-order valence-electron chi connectivity index (χ1n) is 5.58. The van der Waals surface area contributed by atoms with E-state index in [4.69, 9.17) is 0 Å². The van der Waals surface area contributed by atoms with E-state index in [0.29, 0.717) is 0 Å². The first kappa shape index (κ1) is 11.9. The van der Waals surface area contributed by atoms with E-state index >= 15 is 0 Å². The van der Waals surface area contributed by atoms with Gasteiger partial charge in [0.05, 0.1) is 10.6 Å². The summed E-state index contributed by atoms with van der Waals surface area (Å²) in [4.78, 5) is 12.8. The van der Waals surface area contributed by atoms with Crippen molar-refractivity contribution in [1.82, 2.24) is 0 Å². The second-order valence-electron chi connectivity index (χ2n) is 3.70. The Morgan fingerprint density at radius 3 is 2.65 bits per heavy atom. The number of hydrogen-bond acceptors (Lipinski definition) is 4. The van der Waals surface area contributed by atoms with Crippen molar-refractivity contribution in [3.63, 3.8) is 0 Å². The summed E-state index contributed by atoms with van der Waals surface area (Å²) in [5.41, 5.74) is 1.30. The maximum Gasteiger partial charge on any atom is 0.287 e. The van der Waals surface area contributed by atoms with E-state index in [1.807, 2.05) is 11.4 Å². The summed E-state index contributed by atoms with van der Waals surface area (Å²) >= 11 is 1.44. The number of non-ortho nitro benzene ring substituents is 1. The van der Waals surface area contributed by atoms with Crippen LogP contribution >= 0.6 is 11.3 Å². The molecule has 1 aromatic carbocycles. The molecule has 5 heteroatoms. The molecule has 0 aliphatic rings. The van der Waals surface area contributed by atoms with Crippen LogP contribution in [0, 0.1) is 10.1 Å². The highest BCUT2D eigenvalue weighted by Gasteiger charge is 2.17. The predicted molar refractivity (Wildman–Crippen MR) is 72.0 cm³/mol. The van der Waals surface area contributed by atoms with E-state index in [9.17, 15) is 10.1 Å². The fraction of sp³-hybridized carbons (Fsp3) is 0.333. The molecule has 1 heterocycles. The number of nitro groups is 1. The van der Waals surface area contributed by atoms with Gasteiger partial charge in [-0.15, -0.1) is 11.3 Å². The van der Waals surface area contributed by atoms with Gasteiger partial charge in [-0.05, 0) is 13.8 Å². The number of rotatable bonds is 4. The fourth-order valence-corrected chi connectivity index (χ4v) is 3.05. The lowest BCUT2D eigenvalue weighted by Crippen LogP contribution is -2.21. The van der Waals surface area contributed by atoms with Crippen LogP contribution in [0.2, 0.25) is 0 Å². The highest BCUT2D eigenvalue weighted by Crippen LogP contribution is 2.38. The lowest BCUT2D eigenvalue weighted by Gasteiger charge is -2.19. The summed E-state index contributed by atoms with van der Waals surface area (Å²) < 4.78 is 0.763. The molecule has 2 rings (SSSR count). The smallest absolute Gasteiger partial charge is 0.287 e. The lowest BCUT2D eigenvalue weighted by atomic mass is 10.2. The third kappa shape index (κ3) is 1.98. The summed E-state index contributed by atoms with van der Waals surface area (Å²) in [6, 6.07) is 5.26. The van der Waals surface area contributed by atoms with Crippen LogP contribution < -0.4 is 4.90 Å². The van der Waals surface area contributed by atoms with Crippen molar-refractivity contribution in [2.24, 2.45) is 0 Å². The molecule has 0 saturated carbocycles. The highest BCUT2D eigenvalue weighted by molar-refractivity contribution is 7.18. The van der Waals surface area contributed by atoms with Crippen molar-refractivity contribution in [3.05, 3.63) is 33.7 Å². The van der Waals surface area contributed by atoms with Gasteiger partial charge in [0.2, 0.25) is 0 Å². The minimum atomic E-state index is -0.315. The molecular formula is C12H14N2O2S. The Morgan fingerprint density at radius 1 is 1.35 bits per heavy atom. The van der Waals surface area contributed by atoms with Crippen LogP contribution in [-0.2, 0) is 0 Å². The molecule has 0 fully saturated rings. The van der Waals surface area contributed by atoms with Gasteiger partial charge in [0.15, 0.2) is 0 Å². The van der Waals surface area contributed by atoms with Gasteiger partial charge >= 0.3 is 0 Å². The van der Waals surface area contributed by atoms with E-state index in [-0.39, 0.29) is 10.6 Å². The quantitative estimate of drug-likeness (QED) is 0.614. The average molecular weight is 250 g/mol. The van der Waals surface area contributed by atoms with Gasteiger partial charge in [-0.25, -0.2) is 0 Å². The predicted octanol–water partition coefficient (Wildman–Crippen LogP) is 3.66. The van der Waals surface area contributed by atoms with Crippen LogP contribution in [-0.4, -0.2) is 18.0 Å². The molecule has 0 aliphatic heterocycles. The van der Waals surface area contributed by atoms with E-state index in [1.54, 1.807) is 12.1 Å². The maximum absolute atomic E-state index is 10.9. The molecule has 0 amide bonds. The van der Waals surface area contributed by atoms with Crippen LogP contribution in [0.25, 0.3) is 10.1 Å². The number of hydrogen-bond donors (Lipinski definition) is 0. The van der Waals surface area contributed by atoms with Gasteiger partial charge in [0, 0.05) is 29.9 Å². The largest absolute Gasteiger partial charge is 0.371 e. The molecule has 0 bridgehead atoms. The number of nitrogens with zero attached hydrogens (tertiary/aromatic N) is 2. The summed E-state index contributed by atoms with van der Waals surface area (Å²) in [7, 11) is 0. The summed E-state index contributed by atoms with van der Waals surface area (Å²) in [5.74, 6) is 0. The Hall–Kier alpha value is -1.62. The van der Waals surface area contributed by atoms with Crippen molar-refractivity contribution >= 4 is 32.8 Å². The molecule has 90 valence electrons. The van der Waals surface area contributed by atoms with Crippen LogP contribution in [0.15, 0.2) is 23.6 Å². The average Bonchev–Trinajstić information content (AvgIpc) is 2.74. The summed E-state index contributed by atoms with van der Waals surface area (Å²) in [6.45, 7) is 5.99. The monoisotopic (exact) mass is 250 g/mol. The van der Waals surface area contributed by atoms with Crippen molar-refractivity contribution in [2.45, 2.75) is 13.8 Å². The molecular weight excluding hydrogens is 236 g/mol. The molecule has 0 radical (unpaired) electrons. The van der Waals surface area contributed by atoms with E-state index < -0.39 is 0 Å². The molecule has 0 atom stereocenters. The second-order valence-corrected chi connectivity index (χ2v) is 4.58. The van der Waals surface area contributed by atoms with Gasteiger partial charge in [-0.3, -0.25) is 10.1 Å². The van der Waals surface area contributed by atoms with Crippen molar-refractivity contribution in [2.75, 3.05) is 18.0 Å². The molecule has 0 unspecified atom stereocenters. The van der Waals surface area contributed by atoms with E-state index in [0.717, 1.165) is 28.9 Å². The highest BCUT2D eigenvalue weighted by atomic mass is 32.1. The minimum absolute atomic E-state index is 0.200. The standard InChI is InChI=1S/C12H14N2O2S/c1-3-13(4-2)11-8-17-12-9(11)6-5-7-10(12)14(15)16/h5-8H,3-4H2,1-2H3. The summed E-state index contributed by atoms with van der Waals surface area (Å²) in [6.07, 6.45) is 0. The Bertz CT molecular complexity index is 546. The van der Waals surface area contributed by atoms with Gasteiger partial charge < -0.3 is 4.90 Å². The molecule has 0 spiro atoms. The molecule has 1 aromatic heterocycles. The lowest BCUT2D eigenvalue weighted by molar-refractivity contribution is -0.382. The molecule has 0 N–H and O–H groups in total. The number of thiophene rings is 1. The Balaban J connectivity index is 2.62.